The molecule has 0 radical (unpaired) electrons. The fourth-order valence-electron chi connectivity index (χ4n) is 7.06. The Balaban J connectivity index is 1.42. The summed E-state index contributed by atoms with van der Waals surface area (Å²) in [5, 5.41) is 37.6. The van der Waals surface area contributed by atoms with Crippen molar-refractivity contribution in [2.75, 3.05) is 25.5 Å². The lowest BCUT2D eigenvalue weighted by Gasteiger charge is -2.59. The number of para-hydroxylation sites is 1. The largest absolute Gasteiger partial charge is 0.508 e. The third-order valence-corrected chi connectivity index (χ3v) is 9.41. The summed E-state index contributed by atoms with van der Waals surface area (Å²) in [7, 11) is 1.54. The van der Waals surface area contributed by atoms with E-state index in [1.807, 2.05) is 32.0 Å². The molecule has 4 N–H and O–H groups in total. The number of carbonyl (C=O) groups excluding carboxylic acids is 1. The first kappa shape index (κ1) is 25.1. The third-order valence-electron chi connectivity index (χ3n) is 9.41. The number of aryl methyl sites for hydroxylation is 1. The highest BCUT2D eigenvalue weighted by atomic mass is 16.5. The van der Waals surface area contributed by atoms with Gasteiger partial charge in [-0.2, -0.15) is 0 Å². The van der Waals surface area contributed by atoms with Crippen LogP contribution in [0.25, 0.3) is 0 Å². The molecule has 2 bridgehead atoms. The van der Waals surface area contributed by atoms with Crippen LogP contribution in [0.3, 0.4) is 0 Å². The van der Waals surface area contributed by atoms with Crippen LogP contribution in [-0.4, -0.2) is 64.1 Å². The van der Waals surface area contributed by atoms with E-state index in [-0.39, 0.29) is 23.1 Å². The summed E-state index contributed by atoms with van der Waals surface area (Å²) in [5.74, 6) is 0.721. The van der Waals surface area contributed by atoms with Crippen molar-refractivity contribution < 1.29 is 29.6 Å². The fraction of sp³-hybridized carbons (Fsp3) is 0.500. The van der Waals surface area contributed by atoms with Crippen molar-refractivity contribution in [3.8, 4) is 17.2 Å². The Morgan fingerprint density at radius 3 is 2.74 bits per heavy atom. The maximum absolute atomic E-state index is 13.4. The number of methoxy groups -OCH3 is 1. The Hall–Kier alpha value is -3.23. The van der Waals surface area contributed by atoms with E-state index in [0.717, 1.165) is 29.8 Å². The zero-order valence-corrected chi connectivity index (χ0v) is 22.4. The van der Waals surface area contributed by atoms with Crippen LogP contribution >= 0.6 is 0 Å². The molecule has 2 fully saturated rings. The predicted molar refractivity (Wildman–Crippen MR) is 143 cm³/mol. The second kappa shape index (κ2) is 8.64. The number of aromatic hydroxyl groups is 1. The summed E-state index contributed by atoms with van der Waals surface area (Å²) >= 11 is 0. The smallest absolute Gasteiger partial charge is 0.254 e. The van der Waals surface area contributed by atoms with Crippen molar-refractivity contribution in [1.82, 2.24) is 4.90 Å². The molecule has 38 heavy (non-hydrogen) atoms. The maximum Gasteiger partial charge on any atom is 0.254 e. The molecule has 6 rings (SSSR count). The molecule has 1 spiro atoms. The Morgan fingerprint density at radius 1 is 1.26 bits per heavy atom. The van der Waals surface area contributed by atoms with Gasteiger partial charge in [-0.15, -0.1) is 0 Å². The van der Waals surface area contributed by atoms with Gasteiger partial charge < -0.3 is 30.1 Å². The Bertz CT molecular complexity index is 1350. The summed E-state index contributed by atoms with van der Waals surface area (Å²) < 4.78 is 11.7. The second-order valence-electron chi connectivity index (χ2n) is 11.6. The van der Waals surface area contributed by atoms with Gasteiger partial charge in [0.2, 0.25) is 0 Å². The molecule has 2 aliphatic carbocycles. The van der Waals surface area contributed by atoms with Gasteiger partial charge in [0.25, 0.3) is 5.91 Å². The summed E-state index contributed by atoms with van der Waals surface area (Å²) in [6.45, 7) is 6.94. The van der Waals surface area contributed by atoms with Crippen LogP contribution in [0.5, 0.6) is 17.2 Å². The third kappa shape index (κ3) is 3.46. The lowest BCUT2D eigenvalue weighted by Crippen LogP contribution is -2.73. The molecule has 0 unspecified atom stereocenters. The highest BCUT2D eigenvalue weighted by Gasteiger charge is 2.69. The van der Waals surface area contributed by atoms with Crippen molar-refractivity contribution in [2.24, 2.45) is 5.92 Å². The number of hydrogen-bond acceptors (Lipinski definition) is 7. The molecule has 202 valence electrons. The minimum Gasteiger partial charge on any atom is -0.508 e. The van der Waals surface area contributed by atoms with Crippen LogP contribution in [0.15, 0.2) is 41.7 Å². The average molecular weight is 521 g/mol. The van der Waals surface area contributed by atoms with Crippen molar-refractivity contribution in [3.63, 3.8) is 0 Å². The summed E-state index contributed by atoms with van der Waals surface area (Å²) in [4.78, 5) is 15.8. The number of benzene rings is 2. The number of ether oxygens (including phenoxy) is 2. The lowest BCUT2D eigenvalue weighted by atomic mass is 9.53. The minimum atomic E-state index is -1.26. The normalized spacial score (nSPS) is 30.2. The number of fused-ring (bicyclic) bond motifs is 1. The van der Waals surface area contributed by atoms with Crippen LogP contribution in [0.2, 0.25) is 0 Å². The van der Waals surface area contributed by atoms with E-state index in [9.17, 15) is 20.1 Å². The number of phenolic OH excluding ortho intramolecular Hbond substituents is 1. The average Bonchev–Trinajstić information content (AvgIpc) is 3.63. The number of phenols is 1. The standard InChI is InChI=1S/C30H36N2O6/c1-16-6-5-7-21(37-4)24(16)31-28(35)17(2)25(34)27-30-12-13-32(15-18-8-9-18)22(29(30,3)36)14-19-10-11-20(33)26(38-27)23(19)30/h5-7,10-11,18,22,27,33-34,36H,8-9,12-15H2,1-4H3,(H,31,35)/b25-17-/t22-,27+,29-,30+/m1/s1. The summed E-state index contributed by atoms with van der Waals surface area (Å²) in [6, 6.07) is 8.83. The molecule has 0 aromatic heterocycles. The molecule has 8 nitrogen and oxygen atoms in total. The van der Waals surface area contributed by atoms with Crippen molar-refractivity contribution in [2.45, 2.75) is 69.6 Å². The molecule has 2 aliphatic heterocycles. The predicted octanol–water partition coefficient (Wildman–Crippen LogP) is 3.97. The van der Waals surface area contributed by atoms with Gasteiger partial charge in [0.1, 0.15) is 11.5 Å². The van der Waals surface area contributed by atoms with E-state index < -0.39 is 23.0 Å². The number of likely N-dealkylation sites (tertiary alicyclic amines) is 1. The van der Waals surface area contributed by atoms with Gasteiger partial charge in [-0.1, -0.05) is 18.2 Å². The topological polar surface area (TPSA) is 111 Å². The van der Waals surface area contributed by atoms with Crippen molar-refractivity contribution >= 4 is 11.6 Å². The number of piperidine rings is 1. The van der Waals surface area contributed by atoms with Gasteiger partial charge in [0.05, 0.1) is 29.4 Å². The first-order valence-corrected chi connectivity index (χ1v) is 13.4. The SMILES string of the molecule is COc1cccc(C)c1NC(=O)/C(C)=C(\O)[C@@H]1Oc2c(O)ccc3c2[C@@]12CCN(CC1CC1)[C@H](C3)[C@@]2(C)O. The van der Waals surface area contributed by atoms with Gasteiger partial charge in [0.15, 0.2) is 17.6 Å². The Morgan fingerprint density at radius 2 is 2.03 bits per heavy atom. The van der Waals surface area contributed by atoms with E-state index in [0.29, 0.717) is 35.9 Å². The van der Waals surface area contributed by atoms with Gasteiger partial charge in [-0.3, -0.25) is 9.69 Å². The first-order valence-electron chi connectivity index (χ1n) is 13.4. The Kier molecular flexibility index (Phi) is 5.70. The Labute approximate surface area is 222 Å². The quantitative estimate of drug-likeness (QED) is 0.337. The number of nitrogens with one attached hydrogen (secondary N) is 1. The zero-order chi connectivity index (χ0) is 27.0. The van der Waals surface area contributed by atoms with E-state index in [1.165, 1.54) is 20.0 Å². The van der Waals surface area contributed by atoms with E-state index >= 15 is 0 Å². The monoisotopic (exact) mass is 520 g/mol. The second-order valence-corrected chi connectivity index (χ2v) is 11.6. The maximum atomic E-state index is 13.4. The van der Waals surface area contributed by atoms with Crippen molar-refractivity contribution in [3.05, 3.63) is 58.4 Å². The molecule has 2 aromatic carbocycles. The highest BCUT2D eigenvalue weighted by Crippen LogP contribution is 2.63. The molecule has 4 atom stereocenters. The summed E-state index contributed by atoms with van der Waals surface area (Å²) in [6.07, 6.45) is 2.59. The number of anilines is 1. The fourth-order valence-corrected chi connectivity index (χ4v) is 7.06. The number of amides is 1. The highest BCUT2D eigenvalue weighted by molar-refractivity contribution is 6.05. The van der Waals surface area contributed by atoms with Gasteiger partial charge in [-0.25, -0.2) is 0 Å². The molecule has 8 heteroatoms. The molecule has 2 heterocycles. The number of aliphatic hydroxyl groups excluding tert-OH is 1. The van der Waals surface area contributed by atoms with E-state index in [4.69, 9.17) is 9.47 Å². The van der Waals surface area contributed by atoms with Crippen LogP contribution in [0.1, 0.15) is 49.8 Å². The van der Waals surface area contributed by atoms with Crippen molar-refractivity contribution in [1.29, 1.82) is 0 Å². The number of rotatable bonds is 6. The van der Waals surface area contributed by atoms with Gasteiger partial charge in [-0.05, 0) is 82.2 Å². The number of carbonyl (C=O) groups is 1. The van der Waals surface area contributed by atoms with Crippen LogP contribution < -0.4 is 14.8 Å². The molecule has 4 aliphatic rings. The van der Waals surface area contributed by atoms with E-state index in [1.54, 1.807) is 19.1 Å². The van der Waals surface area contributed by atoms with Crippen LogP contribution in [0.4, 0.5) is 5.69 Å². The van der Waals surface area contributed by atoms with Crippen LogP contribution in [-0.2, 0) is 16.6 Å². The molecule has 2 aromatic rings. The summed E-state index contributed by atoms with van der Waals surface area (Å²) in [5.41, 5.74) is 0.934. The van der Waals surface area contributed by atoms with Gasteiger partial charge in [0, 0.05) is 18.2 Å². The number of nitrogens with zero attached hydrogens (tertiary/aromatic N) is 1. The zero-order valence-electron chi connectivity index (χ0n) is 22.4. The lowest BCUT2D eigenvalue weighted by molar-refractivity contribution is -0.153. The van der Waals surface area contributed by atoms with Gasteiger partial charge >= 0.3 is 0 Å². The molecular weight excluding hydrogens is 484 g/mol. The first-order chi connectivity index (χ1) is 18.1. The molecule has 1 amide bonds. The van der Waals surface area contributed by atoms with E-state index in [2.05, 4.69) is 10.2 Å². The van der Waals surface area contributed by atoms with Crippen LogP contribution in [0, 0.1) is 12.8 Å². The number of aliphatic hydroxyl groups is 2. The molecular formula is C30H36N2O6. The number of hydrogen-bond donors (Lipinski definition) is 4. The minimum absolute atomic E-state index is 0.0279. The molecule has 1 saturated heterocycles. The molecule has 1 saturated carbocycles.